The van der Waals surface area contributed by atoms with Crippen molar-refractivity contribution in [1.82, 2.24) is 14.8 Å². The summed E-state index contributed by atoms with van der Waals surface area (Å²) < 4.78 is 3.30. The average Bonchev–Trinajstić information content (AvgIpc) is 3.19. The fourth-order valence-corrected chi connectivity index (χ4v) is 4.87. The lowest BCUT2D eigenvalue weighted by Crippen LogP contribution is -2.17. The Kier molecular flexibility index (Phi) is 6.89. The number of amides is 1. The molecular formula is C23H25BrN4OS. The lowest BCUT2D eigenvalue weighted by molar-refractivity contribution is -0.113. The molecule has 1 saturated carbocycles. The summed E-state index contributed by atoms with van der Waals surface area (Å²) >= 11 is 4.96. The van der Waals surface area contributed by atoms with Crippen LogP contribution in [-0.4, -0.2) is 26.4 Å². The van der Waals surface area contributed by atoms with E-state index in [-0.39, 0.29) is 5.91 Å². The molecule has 1 N–H and O–H groups in total. The predicted octanol–water partition coefficient (Wildman–Crippen LogP) is 6.25. The number of carbonyl (C=O) groups excluding carboxylic acids is 1. The van der Waals surface area contributed by atoms with Gasteiger partial charge in [0.1, 0.15) is 0 Å². The van der Waals surface area contributed by atoms with Gasteiger partial charge in [-0.15, -0.1) is 10.2 Å². The Morgan fingerprint density at radius 1 is 1.07 bits per heavy atom. The van der Waals surface area contributed by atoms with Crippen molar-refractivity contribution in [3.8, 4) is 11.4 Å². The number of benzene rings is 2. The number of nitrogens with zero attached hydrogens (tertiary/aromatic N) is 3. The molecule has 156 valence electrons. The molecule has 3 aromatic rings. The number of aromatic nitrogens is 3. The number of carbonyl (C=O) groups is 1. The highest BCUT2D eigenvalue weighted by Crippen LogP contribution is 2.35. The Morgan fingerprint density at radius 3 is 2.47 bits per heavy atom. The maximum absolute atomic E-state index is 12.5. The summed E-state index contributed by atoms with van der Waals surface area (Å²) in [6, 6.07) is 16.4. The first kappa shape index (κ1) is 21.1. The van der Waals surface area contributed by atoms with Gasteiger partial charge < -0.3 is 5.32 Å². The molecule has 0 unspecified atom stereocenters. The van der Waals surface area contributed by atoms with Crippen LogP contribution in [0.2, 0.25) is 0 Å². The molecule has 7 heteroatoms. The molecule has 0 spiro atoms. The van der Waals surface area contributed by atoms with Gasteiger partial charge in [-0.2, -0.15) is 0 Å². The lowest BCUT2D eigenvalue weighted by atomic mass is 9.95. The third-order valence-corrected chi connectivity index (χ3v) is 6.85. The van der Waals surface area contributed by atoms with Crippen LogP contribution in [0, 0.1) is 6.92 Å². The Morgan fingerprint density at radius 2 is 1.77 bits per heavy atom. The van der Waals surface area contributed by atoms with Crippen molar-refractivity contribution in [3.63, 3.8) is 0 Å². The summed E-state index contributed by atoms with van der Waals surface area (Å²) in [5.41, 5.74) is 3.03. The number of halogens is 1. The van der Waals surface area contributed by atoms with E-state index in [1.54, 1.807) is 0 Å². The van der Waals surface area contributed by atoms with Crippen LogP contribution in [0.3, 0.4) is 0 Å². The van der Waals surface area contributed by atoms with Crippen LogP contribution in [0.1, 0.15) is 43.7 Å². The zero-order chi connectivity index (χ0) is 20.9. The van der Waals surface area contributed by atoms with E-state index in [1.165, 1.54) is 36.6 Å². The molecule has 0 saturated heterocycles. The predicted molar refractivity (Wildman–Crippen MR) is 126 cm³/mol. The minimum absolute atomic E-state index is 0.0350. The first-order valence-electron chi connectivity index (χ1n) is 10.3. The third kappa shape index (κ3) is 5.13. The lowest BCUT2D eigenvalue weighted by Gasteiger charge is -2.25. The molecule has 0 atom stereocenters. The van der Waals surface area contributed by atoms with E-state index in [0.717, 1.165) is 39.5 Å². The summed E-state index contributed by atoms with van der Waals surface area (Å²) in [5.74, 6) is 1.15. The van der Waals surface area contributed by atoms with Gasteiger partial charge in [0.2, 0.25) is 5.91 Å². The number of aryl methyl sites for hydroxylation is 1. The quantitative estimate of drug-likeness (QED) is 0.419. The van der Waals surface area contributed by atoms with Gasteiger partial charge in [0.25, 0.3) is 0 Å². The Labute approximate surface area is 189 Å². The number of rotatable bonds is 6. The van der Waals surface area contributed by atoms with Crippen molar-refractivity contribution in [3.05, 3.63) is 58.6 Å². The second-order valence-corrected chi connectivity index (χ2v) is 9.54. The Hall–Kier alpha value is -2.12. The number of nitrogens with one attached hydrogen (secondary N) is 1. The Bertz CT molecular complexity index is 995. The molecule has 5 nitrogen and oxygen atoms in total. The van der Waals surface area contributed by atoms with Gasteiger partial charge in [0.15, 0.2) is 11.0 Å². The van der Waals surface area contributed by atoms with Crippen LogP contribution >= 0.6 is 27.7 Å². The van der Waals surface area contributed by atoms with Crippen molar-refractivity contribution in [2.75, 3.05) is 11.1 Å². The summed E-state index contributed by atoms with van der Waals surface area (Å²) in [6.07, 6.45) is 5.99. The number of anilines is 1. The molecule has 4 rings (SSSR count). The highest BCUT2D eigenvalue weighted by molar-refractivity contribution is 9.10. The molecular weight excluding hydrogens is 460 g/mol. The van der Waals surface area contributed by atoms with Crippen LogP contribution in [0.5, 0.6) is 0 Å². The highest BCUT2D eigenvalue weighted by Gasteiger charge is 2.24. The SMILES string of the molecule is Cc1ccc(NC(=O)CSc2nnc(-c3ccc(Br)cc3)n2C2CCCCC2)cc1. The van der Waals surface area contributed by atoms with Crippen molar-refractivity contribution >= 4 is 39.3 Å². The molecule has 1 aromatic heterocycles. The fraction of sp³-hybridized carbons (Fsp3) is 0.348. The highest BCUT2D eigenvalue weighted by atomic mass is 79.9. The van der Waals surface area contributed by atoms with E-state index in [2.05, 4.69) is 48.1 Å². The summed E-state index contributed by atoms with van der Waals surface area (Å²) in [7, 11) is 0. The van der Waals surface area contributed by atoms with Gasteiger partial charge >= 0.3 is 0 Å². The summed E-state index contributed by atoms with van der Waals surface area (Å²) in [5, 5.41) is 12.8. The zero-order valence-electron chi connectivity index (χ0n) is 17.0. The molecule has 1 amide bonds. The van der Waals surface area contributed by atoms with Crippen molar-refractivity contribution in [2.24, 2.45) is 0 Å². The van der Waals surface area contributed by atoms with Crippen molar-refractivity contribution < 1.29 is 4.79 Å². The molecule has 1 heterocycles. The molecule has 2 aromatic carbocycles. The average molecular weight is 485 g/mol. The number of hydrogen-bond acceptors (Lipinski definition) is 4. The first-order chi connectivity index (χ1) is 14.6. The van der Waals surface area contributed by atoms with Crippen molar-refractivity contribution in [1.29, 1.82) is 0 Å². The minimum Gasteiger partial charge on any atom is -0.325 e. The smallest absolute Gasteiger partial charge is 0.234 e. The van der Waals surface area contributed by atoms with E-state index in [1.807, 2.05) is 43.3 Å². The van der Waals surface area contributed by atoms with E-state index in [4.69, 9.17) is 0 Å². The summed E-state index contributed by atoms with van der Waals surface area (Å²) in [4.78, 5) is 12.5. The summed E-state index contributed by atoms with van der Waals surface area (Å²) in [6.45, 7) is 2.03. The second-order valence-electron chi connectivity index (χ2n) is 7.68. The van der Waals surface area contributed by atoms with Crippen LogP contribution in [-0.2, 0) is 4.79 Å². The van der Waals surface area contributed by atoms with Crippen LogP contribution in [0.4, 0.5) is 5.69 Å². The maximum atomic E-state index is 12.5. The normalized spacial score (nSPS) is 14.6. The van der Waals surface area contributed by atoms with E-state index >= 15 is 0 Å². The maximum Gasteiger partial charge on any atom is 0.234 e. The molecule has 1 aliphatic carbocycles. The zero-order valence-corrected chi connectivity index (χ0v) is 19.4. The minimum atomic E-state index is -0.0350. The molecule has 1 aliphatic rings. The molecule has 1 fully saturated rings. The third-order valence-electron chi connectivity index (χ3n) is 5.37. The van der Waals surface area contributed by atoms with Crippen LogP contribution in [0.25, 0.3) is 11.4 Å². The number of hydrogen-bond donors (Lipinski definition) is 1. The standard InChI is InChI=1S/C23H25BrN4OS/c1-16-7-13-19(14-8-16)25-21(29)15-30-23-27-26-22(17-9-11-18(24)12-10-17)28(23)20-5-3-2-4-6-20/h7-14,20H,2-6,15H2,1H3,(H,25,29). The molecule has 30 heavy (non-hydrogen) atoms. The molecule has 0 aliphatic heterocycles. The van der Waals surface area contributed by atoms with Gasteiger partial charge in [-0.1, -0.05) is 76.8 Å². The molecule has 0 radical (unpaired) electrons. The topological polar surface area (TPSA) is 59.8 Å². The first-order valence-corrected chi connectivity index (χ1v) is 12.1. The van der Waals surface area contributed by atoms with E-state index < -0.39 is 0 Å². The molecule has 0 bridgehead atoms. The van der Waals surface area contributed by atoms with Crippen LogP contribution in [0.15, 0.2) is 58.2 Å². The van der Waals surface area contributed by atoms with Crippen LogP contribution < -0.4 is 5.32 Å². The van der Waals surface area contributed by atoms with Crippen molar-refractivity contribution in [2.45, 2.75) is 50.2 Å². The van der Waals surface area contributed by atoms with E-state index in [9.17, 15) is 4.79 Å². The van der Waals surface area contributed by atoms with E-state index in [0.29, 0.717) is 11.8 Å². The van der Waals surface area contributed by atoms with Gasteiger partial charge in [0, 0.05) is 21.8 Å². The largest absolute Gasteiger partial charge is 0.325 e. The van der Waals surface area contributed by atoms with Gasteiger partial charge in [-0.3, -0.25) is 9.36 Å². The monoisotopic (exact) mass is 484 g/mol. The number of thioether (sulfide) groups is 1. The van der Waals surface area contributed by atoms with Gasteiger partial charge in [-0.25, -0.2) is 0 Å². The fourth-order valence-electron chi connectivity index (χ4n) is 3.80. The van der Waals surface area contributed by atoms with Gasteiger partial charge in [0.05, 0.1) is 5.75 Å². The second kappa shape index (κ2) is 9.79. The Balaban J connectivity index is 1.52. The van der Waals surface area contributed by atoms with Gasteiger partial charge in [-0.05, 0) is 44.0 Å².